The van der Waals surface area contributed by atoms with Crippen LogP contribution in [0.2, 0.25) is 6.32 Å². The average Bonchev–Trinajstić information content (AvgIpc) is 3.12. The molecule has 174 valence electrons. The van der Waals surface area contributed by atoms with Gasteiger partial charge in [-0.05, 0) is 25.7 Å². The second-order valence-corrected chi connectivity index (χ2v) is 8.55. The third-order valence-electron chi connectivity index (χ3n) is 7.31. The summed E-state index contributed by atoms with van der Waals surface area (Å²) >= 11 is 0. The standard InChI is InChI=1S/C20H16BF10N/c22-11-9(12(23)16(27)19(30)15(11)26)21(5-4-8-32(21)6-2-1-3-7-32)10-13(24)17(28)20(31)18(29)14(10)25/h1-8H2. The number of rotatable bonds is 2. The summed E-state index contributed by atoms with van der Waals surface area (Å²) in [5.74, 6) is -23.6. The zero-order valence-electron chi connectivity index (χ0n) is 16.5. The van der Waals surface area contributed by atoms with Crippen LogP contribution in [0, 0.1) is 58.2 Å². The van der Waals surface area contributed by atoms with Crippen molar-refractivity contribution in [1.29, 1.82) is 0 Å². The van der Waals surface area contributed by atoms with Gasteiger partial charge in [-0.1, -0.05) is 10.9 Å². The van der Waals surface area contributed by atoms with E-state index in [4.69, 9.17) is 0 Å². The lowest BCUT2D eigenvalue weighted by molar-refractivity contribution is -0.830. The first-order valence-corrected chi connectivity index (χ1v) is 10.1. The maximum absolute atomic E-state index is 15.0. The Labute approximate surface area is 176 Å². The van der Waals surface area contributed by atoms with Gasteiger partial charge in [0.1, 0.15) is 23.3 Å². The Morgan fingerprint density at radius 2 is 0.719 bits per heavy atom. The van der Waals surface area contributed by atoms with Gasteiger partial charge in [-0.3, -0.25) is 0 Å². The fourth-order valence-electron chi connectivity index (χ4n) is 6.07. The van der Waals surface area contributed by atoms with Gasteiger partial charge in [0.15, 0.2) is 34.9 Å². The number of nitrogens with zero attached hydrogens (tertiary/aromatic N) is 1. The molecular weight excluding hydrogens is 455 g/mol. The second-order valence-electron chi connectivity index (χ2n) is 8.55. The molecule has 2 aliphatic heterocycles. The maximum atomic E-state index is 15.0. The van der Waals surface area contributed by atoms with Crippen molar-refractivity contribution in [3.63, 3.8) is 0 Å². The lowest BCUT2D eigenvalue weighted by Gasteiger charge is -2.59. The molecule has 0 radical (unpaired) electrons. The first-order valence-electron chi connectivity index (χ1n) is 10.1. The van der Waals surface area contributed by atoms with Crippen LogP contribution in [-0.4, -0.2) is 30.3 Å². The molecule has 2 aromatic carbocycles. The SMILES string of the molecule is Fc1c(F)c(F)c([B-]2(c3c(F)c(F)c(F)c(F)c3F)CCC[N+]23CCCCC3)c(F)c1F. The molecule has 12 heteroatoms. The molecule has 0 unspecified atom stereocenters. The van der Waals surface area contributed by atoms with Crippen molar-refractivity contribution in [3.8, 4) is 0 Å². The van der Waals surface area contributed by atoms with Crippen molar-refractivity contribution < 1.29 is 48.3 Å². The molecule has 2 aliphatic rings. The molecule has 2 aromatic rings. The van der Waals surface area contributed by atoms with Crippen LogP contribution < -0.4 is 10.9 Å². The van der Waals surface area contributed by atoms with Crippen molar-refractivity contribution in [1.82, 2.24) is 0 Å². The van der Waals surface area contributed by atoms with Gasteiger partial charge in [0, 0.05) is 19.6 Å². The van der Waals surface area contributed by atoms with Gasteiger partial charge in [-0.2, -0.15) is 0 Å². The fourth-order valence-corrected chi connectivity index (χ4v) is 6.07. The topological polar surface area (TPSA) is 0 Å². The van der Waals surface area contributed by atoms with E-state index in [0.717, 1.165) is 0 Å². The molecule has 32 heavy (non-hydrogen) atoms. The predicted molar refractivity (Wildman–Crippen MR) is 95.6 cm³/mol. The van der Waals surface area contributed by atoms with Crippen molar-refractivity contribution >= 4 is 17.2 Å². The summed E-state index contributed by atoms with van der Waals surface area (Å²) in [4.78, 5) is 0. The van der Waals surface area contributed by atoms with Gasteiger partial charge in [0.2, 0.25) is 0 Å². The van der Waals surface area contributed by atoms with Gasteiger partial charge in [0.05, 0.1) is 0 Å². The van der Waals surface area contributed by atoms with Crippen LogP contribution in [0.4, 0.5) is 43.9 Å². The van der Waals surface area contributed by atoms with E-state index in [1.807, 2.05) is 0 Å². The van der Waals surface area contributed by atoms with E-state index in [9.17, 15) is 26.3 Å². The first-order chi connectivity index (χ1) is 15.0. The van der Waals surface area contributed by atoms with Crippen LogP contribution in [0.15, 0.2) is 0 Å². The molecule has 1 nitrogen and oxygen atoms in total. The van der Waals surface area contributed by atoms with Crippen LogP contribution in [0.25, 0.3) is 0 Å². The molecule has 0 aromatic heterocycles. The Balaban J connectivity index is 2.22. The minimum Gasteiger partial charge on any atom is -0.507 e. The molecule has 1 spiro atoms. The number of halogens is 10. The molecule has 2 heterocycles. The highest BCUT2D eigenvalue weighted by Gasteiger charge is 2.59. The number of benzene rings is 2. The van der Waals surface area contributed by atoms with Crippen LogP contribution in [-0.2, 0) is 0 Å². The van der Waals surface area contributed by atoms with E-state index in [0.29, 0.717) is 19.3 Å². The Bertz CT molecular complexity index is 985. The number of quaternary nitrogens is 1. The monoisotopic (exact) mass is 471 g/mol. The largest absolute Gasteiger partial charge is 0.507 e. The van der Waals surface area contributed by atoms with E-state index in [1.165, 1.54) is 0 Å². The Morgan fingerprint density at radius 1 is 0.406 bits per heavy atom. The van der Waals surface area contributed by atoms with E-state index >= 15 is 17.6 Å². The van der Waals surface area contributed by atoms with Crippen molar-refractivity contribution in [2.24, 2.45) is 0 Å². The molecule has 2 fully saturated rings. The third-order valence-corrected chi connectivity index (χ3v) is 7.31. The summed E-state index contributed by atoms with van der Waals surface area (Å²) < 4.78 is 144. The summed E-state index contributed by atoms with van der Waals surface area (Å²) in [5.41, 5.74) is -3.02. The molecule has 0 bridgehead atoms. The summed E-state index contributed by atoms with van der Waals surface area (Å²) in [5, 5.41) is 0. The second kappa shape index (κ2) is 7.67. The fraction of sp³-hybridized carbons (Fsp3) is 0.400. The zero-order valence-corrected chi connectivity index (χ0v) is 16.5. The summed E-state index contributed by atoms with van der Waals surface area (Å²) in [7, 11) is 0. The van der Waals surface area contributed by atoms with Crippen LogP contribution in [0.5, 0.6) is 0 Å². The average molecular weight is 471 g/mol. The van der Waals surface area contributed by atoms with Gasteiger partial charge < -0.3 is 4.39 Å². The predicted octanol–water partition coefficient (Wildman–Crippen LogP) is 4.54. The number of hydrogen-bond acceptors (Lipinski definition) is 0. The molecule has 0 N–H and O–H groups in total. The Morgan fingerprint density at radius 3 is 1.09 bits per heavy atom. The molecule has 2 saturated heterocycles. The molecular formula is C20H16BF10N. The van der Waals surface area contributed by atoms with Crippen LogP contribution >= 0.6 is 0 Å². The normalized spacial score (nSPS) is 19.7. The van der Waals surface area contributed by atoms with E-state index in [-0.39, 0.29) is 26.1 Å². The lowest BCUT2D eigenvalue weighted by atomic mass is 9.23. The maximum Gasteiger partial charge on any atom is 0.275 e. The van der Waals surface area contributed by atoms with Gasteiger partial charge in [0.25, 0.3) is 6.28 Å². The third kappa shape index (κ3) is 2.77. The minimum atomic E-state index is -3.66. The highest BCUT2D eigenvalue weighted by atomic mass is 19.2. The minimum absolute atomic E-state index is 0.0268. The van der Waals surface area contributed by atoms with Gasteiger partial charge in [-0.25, -0.2) is 43.9 Å². The van der Waals surface area contributed by atoms with Crippen molar-refractivity contribution in [2.75, 3.05) is 19.6 Å². The highest BCUT2D eigenvalue weighted by Crippen LogP contribution is 2.40. The van der Waals surface area contributed by atoms with Crippen molar-refractivity contribution in [2.45, 2.75) is 32.0 Å². The number of piperidine rings is 1. The molecule has 0 aliphatic carbocycles. The van der Waals surface area contributed by atoms with Crippen LogP contribution in [0.3, 0.4) is 0 Å². The molecule has 0 saturated carbocycles. The van der Waals surface area contributed by atoms with Crippen molar-refractivity contribution in [3.05, 3.63) is 58.2 Å². The van der Waals surface area contributed by atoms with Gasteiger partial charge >= 0.3 is 0 Å². The number of hydrogen-bond donors (Lipinski definition) is 0. The lowest BCUT2D eigenvalue weighted by Crippen LogP contribution is -2.80. The summed E-state index contributed by atoms with van der Waals surface area (Å²) in [6.07, 6.45) is -2.76. The first kappa shape index (κ1) is 22.9. The zero-order chi connectivity index (χ0) is 23.6. The van der Waals surface area contributed by atoms with E-state index in [2.05, 4.69) is 0 Å². The van der Waals surface area contributed by atoms with Gasteiger partial charge in [-0.15, -0.1) is 6.32 Å². The summed E-state index contributed by atoms with van der Waals surface area (Å²) in [6, 6.07) is 0. The smallest absolute Gasteiger partial charge is 0.275 e. The summed E-state index contributed by atoms with van der Waals surface area (Å²) in [6.45, 7) is 0.0803. The molecule has 0 amide bonds. The molecule has 4 rings (SSSR count). The Kier molecular flexibility index (Phi) is 5.50. The van der Waals surface area contributed by atoms with E-state index < -0.39 is 86.1 Å². The quantitative estimate of drug-likeness (QED) is 0.261. The Hall–Kier alpha value is -2.24. The molecule has 0 atom stereocenters. The van der Waals surface area contributed by atoms with E-state index in [1.54, 1.807) is 0 Å². The highest BCUT2D eigenvalue weighted by molar-refractivity contribution is 6.97. The van der Waals surface area contributed by atoms with Crippen LogP contribution in [0.1, 0.15) is 25.7 Å².